The highest BCUT2D eigenvalue weighted by molar-refractivity contribution is 5.67. The van der Waals surface area contributed by atoms with Gasteiger partial charge in [-0.15, -0.1) is 5.10 Å². The molecular weight excluding hydrogens is 244 g/mol. The maximum absolute atomic E-state index is 11.1. The Bertz CT molecular complexity index is 423. The Morgan fingerprint density at radius 2 is 2.05 bits per heavy atom. The van der Waals surface area contributed by atoms with E-state index in [0.717, 1.165) is 18.7 Å². The lowest BCUT2D eigenvalue weighted by molar-refractivity contribution is -0.138. The first-order valence-corrected chi connectivity index (χ1v) is 6.74. The van der Waals surface area contributed by atoms with Crippen molar-refractivity contribution in [2.24, 2.45) is 5.41 Å². The number of aliphatic carboxylic acids is 1. The molecule has 19 heavy (non-hydrogen) atoms. The summed E-state index contributed by atoms with van der Waals surface area (Å²) in [6.45, 7) is 10.4. The molecule has 0 fully saturated rings. The van der Waals surface area contributed by atoms with E-state index in [9.17, 15) is 4.79 Å². The van der Waals surface area contributed by atoms with Gasteiger partial charge in [0.05, 0.1) is 12.5 Å². The molecule has 0 aromatic carbocycles. The lowest BCUT2D eigenvalue weighted by Crippen LogP contribution is -2.23. The summed E-state index contributed by atoms with van der Waals surface area (Å²) in [5.74, 6) is 0.184. The second kappa shape index (κ2) is 6.12. The Morgan fingerprint density at radius 1 is 1.42 bits per heavy atom. The lowest BCUT2D eigenvalue weighted by atomic mass is 9.87. The summed E-state index contributed by atoms with van der Waals surface area (Å²) in [6.07, 6.45) is 1.70. The molecule has 0 amide bonds. The summed E-state index contributed by atoms with van der Waals surface area (Å²) in [7, 11) is 0. The van der Waals surface area contributed by atoms with Gasteiger partial charge in [-0.25, -0.2) is 4.68 Å². The largest absolute Gasteiger partial charge is 0.481 e. The van der Waals surface area contributed by atoms with Gasteiger partial charge in [-0.1, -0.05) is 34.6 Å². The molecule has 108 valence electrons. The molecule has 1 aromatic rings. The van der Waals surface area contributed by atoms with E-state index < -0.39 is 5.97 Å². The number of aromatic nitrogens is 4. The standard InChI is InChI=1S/C13H24N4O2/c1-6-9(2)12-14-15-16-17(12)10(7-11(18)19)8-13(3,4)5/h9-10H,6-8H2,1-5H3,(H,18,19). The Kier molecular flexibility index (Phi) is 5.03. The highest BCUT2D eigenvalue weighted by atomic mass is 16.4. The maximum Gasteiger partial charge on any atom is 0.305 e. The van der Waals surface area contributed by atoms with Gasteiger partial charge in [0.15, 0.2) is 5.82 Å². The fraction of sp³-hybridized carbons (Fsp3) is 0.846. The predicted octanol–water partition coefficient (Wildman–Crippen LogP) is 2.64. The number of hydrogen-bond acceptors (Lipinski definition) is 4. The van der Waals surface area contributed by atoms with E-state index >= 15 is 0 Å². The molecule has 2 unspecified atom stereocenters. The third-order valence-corrected chi connectivity index (χ3v) is 3.18. The summed E-state index contributed by atoms with van der Waals surface area (Å²) in [6, 6.07) is -0.198. The average Bonchev–Trinajstić information content (AvgIpc) is 2.73. The molecule has 1 rings (SSSR count). The Hall–Kier alpha value is -1.46. The van der Waals surface area contributed by atoms with Crippen LogP contribution >= 0.6 is 0 Å². The fourth-order valence-corrected chi connectivity index (χ4v) is 2.12. The number of carboxylic acids is 1. The minimum Gasteiger partial charge on any atom is -0.481 e. The summed E-state index contributed by atoms with van der Waals surface area (Å²) < 4.78 is 1.70. The molecule has 1 heterocycles. The highest BCUT2D eigenvalue weighted by Gasteiger charge is 2.27. The Balaban J connectivity index is 3.03. The van der Waals surface area contributed by atoms with Crippen LogP contribution in [0.25, 0.3) is 0 Å². The topological polar surface area (TPSA) is 80.9 Å². The monoisotopic (exact) mass is 268 g/mol. The Labute approximate surface area is 114 Å². The van der Waals surface area contributed by atoms with Crippen molar-refractivity contribution in [3.63, 3.8) is 0 Å². The first-order chi connectivity index (χ1) is 8.74. The van der Waals surface area contributed by atoms with Crippen molar-refractivity contribution < 1.29 is 9.90 Å². The normalized spacial score (nSPS) is 15.2. The summed E-state index contributed by atoms with van der Waals surface area (Å²) in [5, 5.41) is 20.9. The fourth-order valence-electron chi connectivity index (χ4n) is 2.12. The zero-order valence-electron chi connectivity index (χ0n) is 12.4. The molecule has 0 spiro atoms. The molecule has 2 atom stereocenters. The molecule has 0 saturated heterocycles. The van der Waals surface area contributed by atoms with Gasteiger partial charge < -0.3 is 5.11 Å². The quantitative estimate of drug-likeness (QED) is 0.857. The first-order valence-electron chi connectivity index (χ1n) is 6.74. The number of carboxylic acid groups (broad SMARTS) is 1. The molecular formula is C13H24N4O2. The molecule has 0 aliphatic rings. The summed E-state index contributed by atoms with van der Waals surface area (Å²) in [4.78, 5) is 11.1. The molecule has 1 aromatic heterocycles. The van der Waals surface area contributed by atoms with Gasteiger partial charge in [0, 0.05) is 5.92 Å². The van der Waals surface area contributed by atoms with E-state index in [0.29, 0.717) is 0 Å². The SMILES string of the molecule is CCC(C)c1nnnn1C(CC(=O)O)CC(C)(C)C. The zero-order valence-corrected chi connectivity index (χ0v) is 12.4. The average molecular weight is 268 g/mol. The van der Waals surface area contributed by atoms with Crippen LogP contribution < -0.4 is 0 Å². The van der Waals surface area contributed by atoms with Crippen LogP contribution in [0, 0.1) is 5.41 Å². The molecule has 0 radical (unpaired) electrons. The number of nitrogens with zero attached hydrogens (tertiary/aromatic N) is 4. The van der Waals surface area contributed by atoms with Gasteiger partial charge in [-0.2, -0.15) is 0 Å². The van der Waals surface area contributed by atoms with Gasteiger partial charge >= 0.3 is 5.97 Å². The van der Waals surface area contributed by atoms with Gasteiger partial charge in [0.1, 0.15) is 0 Å². The number of rotatable bonds is 6. The third kappa shape index (κ3) is 4.61. The van der Waals surface area contributed by atoms with Gasteiger partial charge in [0.2, 0.25) is 0 Å². The van der Waals surface area contributed by atoms with Gasteiger partial charge in [0.25, 0.3) is 0 Å². The van der Waals surface area contributed by atoms with Crippen molar-refractivity contribution in [3.05, 3.63) is 5.82 Å². The van der Waals surface area contributed by atoms with Crippen molar-refractivity contribution in [2.75, 3.05) is 0 Å². The zero-order chi connectivity index (χ0) is 14.6. The molecule has 0 bridgehead atoms. The van der Waals surface area contributed by atoms with E-state index in [1.807, 2.05) is 0 Å². The predicted molar refractivity (Wildman–Crippen MR) is 71.9 cm³/mol. The van der Waals surface area contributed by atoms with E-state index in [2.05, 4.69) is 50.1 Å². The van der Waals surface area contributed by atoms with E-state index in [-0.39, 0.29) is 23.8 Å². The minimum atomic E-state index is -0.820. The van der Waals surface area contributed by atoms with Crippen molar-refractivity contribution in [1.82, 2.24) is 20.2 Å². The molecule has 6 nitrogen and oxygen atoms in total. The number of hydrogen-bond donors (Lipinski definition) is 1. The summed E-state index contributed by atoms with van der Waals surface area (Å²) >= 11 is 0. The molecule has 1 N–H and O–H groups in total. The van der Waals surface area contributed by atoms with Gasteiger partial charge in [-0.05, 0) is 28.7 Å². The number of tetrazole rings is 1. The van der Waals surface area contributed by atoms with E-state index in [1.165, 1.54) is 0 Å². The van der Waals surface area contributed by atoms with Crippen molar-refractivity contribution >= 4 is 5.97 Å². The molecule has 6 heteroatoms. The molecule has 0 saturated carbocycles. The van der Waals surface area contributed by atoms with E-state index in [4.69, 9.17) is 5.11 Å². The molecule has 0 aliphatic heterocycles. The van der Waals surface area contributed by atoms with Crippen molar-refractivity contribution in [1.29, 1.82) is 0 Å². The Morgan fingerprint density at radius 3 is 2.53 bits per heavy atom. The van der Waals surface area contributed by atoms with Crippen LogP contribution in [0.1, 0.15) is 71.7 Å². The maximum atomic E-state index is 11.1. The lowest BCUT2D eigenvalue weighted by Gasteiger charge is -2.26. The van der Waals surface area contributed by atoms with Crippen LogP contribution in [-0.2, 0) is 4.79 Å². The van der Waals surface area contributed by atoms with E-state index in [1.54, 1.807) is 4.68 Å². The van der Waals surface area contributed by atoms with Crippen LogP contribution in [0.2, 0.25) is 0 Å². The van der Waals surface area contributed by atoms with Crippen molar-refractivity contribution in [2.45, 2.75) is 65.8 Å². The van der Waals surface area contributed by atoms with Gasteiger partial charge in [-0.3, -0.25) is 4.79 Å². The highest BCUT2D eigenvalue weighted by Crippen LogP contribution is 2.31. The second-order valence-corrected chi connectivity index (χ2v) is 6.31. The number of carbonyl (C=O) groups is 1. The minimum absolute atomic E-state index is 0.0266. The molecule has 0 aliphatic carbocycles. The summed E-state index contributed by atoms with van der Waals surface area (Å²) in [5.41, 5.74) is 0.0266. The van der Waals surface area contributed by atoms with Crippen LogP contribution in [0.3, 0.4) is 0 Å². The first kappa shape index (κ1) is 15.6. The second-order valence-electron chi connectivity index (χ2n) is 6.31. The third-order valence-electron chi connectivity index (χ3n) is 3.18. The van der Waals surface area contributed by atoms with Crippen LogP contribution in [0.4, 0.5) is 0 Å². The van der Waals surface area contributed by atoms with Crippen LogP contribution in [0.15, 0.2) is 0 Å². The van der Waals surface area contributed by atoms with Crippen molar-refractivity contribution in [3.8, 4) is 0 Å². The van der Waals surface area contributed by atoms with Crippen LogP contribution in [-0.4, -0.2) is 31.3 Å². The van der Waals surface area contributed by atoms with Crippen LogP contribution in [0.5, 0.6) is 0 Å². The smallest absolute Gasteiger partial charge is 0.305 e.